The number of thioether (sulfide) groups is 1. The Hall–Kier alpha value is -1.85. The summed E-state index contributed by atoms with van der Waals surface area (Å²) in [5.41, 5.74) is 2.03. The molecule has 0 saturated heterocycles. The average molecular weight is 432 g/mol. The fourth-order valence-corrected chi connectivity index (χ4v) is 5.79. The number of hydrogen-bond acceptors (Lipinski definition) is 6. The van der Waals surface area contributed by atoms with Crippen molar-refractivity contribution in [3.8, 4) is 6.07 Å². The molecule has 156 valence electrons. The maximum absolute atomic E-state index is 12.6. The van der Waals surface area contributed by atoms with Crippen LogP contribution in [0.5, 0.6) is 0 Å². The van der Waals surface area contributed by atoms with Gasteiger partial charge in [-0.25, -0.2) is 0 Å². The van der Waals surface area contributed by atoms with Gasteiger partial charge in [-0.05, 0) is 36.2 Å². The second-order valence-electron chi connectivity index (χ2n) is 9.02. The van der Waals surface area contributed by atoms with Gasteiger partial charge in [0.2, 0.25) is 5.91 Å². The molecule has 1 aliphatic carbocycles. The lowest BCUT2D eigenvalue weighted by Gasteiger charge is -2.33. The van der Waals surface area contributed by atoms with Gasteiger partial charge in [0.05, 0.1) is 11.3 Å². The molecule has 2 aromatic heterocycles. The lowest BCUT2D eigenvalue weighted by Crippen LogP contribution is -2.26. The second-order valence-corrected chi connectivity index (χ2v) is 11.1. The highest BCUT2D eigenvalue weighted by molar-refractivity contribution is 7.99. The van der Waals surface area contributed by atoms with E-state index in [4.69, 9.17) is 0 Å². The summed E-state index contributed by atoms with van der Waals surface area (Å²) in [6.07, 6.45) is 2.99. The molecule has 0 bridgehead atoms. The van der Waals surface area contributed by atoms with Crippen molar-refractivity contribution in [2.24, 2.45) is 18.4 Å². The number of anilines is 1. The van der Waals surface area contributed by atoms with Crippen molar-refractivity contribution in [3.63, 3.8) is 0 Å². The molecule has 0 spiro atoms. The number of nitrogens with zero attached hydrogens (tertiary/aromatic N) is 4. The van der Waals surface area contributed by atoms with E-state index in [0.29, 0.717) is 16.5 Å². The van der Waals surface area contributed by atoms with Crippen molar-refractivity contribution in [2.75, 3.05) is 11.1 Å². The number of carbonyl (C=O) groups excluding carboxylic acids is 1. The summed E-state index contributed by atoms with van der Waals surface area (Å²) >= 11 is 2.93. The van der Waals surface area contributed by atoms with E-state index in [1.807, 2.05) is 11.6 Å². The van der Waals surface area contributed by atoms with Crippen LogP contribution in [-0.4, -0.2) is 26.4 Å². The molecule has 3 rings (SSSR count). The van der Waals surface area contributed by atoms with E-state index in [1.165, 1.54) is 16.6 Å². The Labute approximate surface area is 181 Å². The number of rotatable bonds is 5. The molecule has 0 radical (unpaired) electrons. The molecule has 1 N–H and O–H groups in total. The minimum absolute atomic E-state index is 0.119. The van der Waals surface area contributed by atoms with Gasteiger partial charge in [-0.2, -0.15) is 5.26 Å². The molecular formula is C21H29N5OS2. The van der Waals surface area contributed by atoms with Gasteiger partial charge < -0.3 is 9.88 Å². The van der Waals surface area contributed by atoms with E-state index >= 15 is 0 Å². The summed E-state index contributed by atoms with van der Waals surface area (Å²) in [5.74, 6) is 1.90. The third-order valence-corrected chi connectivity index (χ3v) is 7.76. The van der Waals surface area contributed by atoms with E-state index in [1.54, 1.807) is 11.3 Å². The SMILES string of the molecule is CC(C)c1nnc(SCC(=O)Nc2sc3c(c2C#N)CCC(C(C)(C)C)C3)n1C. The molecule has 1 amide bonds. The first-order valence-corrected chi connectivity index (χ1v) is 11.8. The van der Waals surface area contributed by atoms with Gasteiger partial charge in [0.15, 0.2) is 5.16 Å². The number of carbonyl (C=O) groups is 1. The Morgan fingerprint density at radius 1 is 1.41 bits per heavy atom. The monoisotopic (exact) mass is 431 g/mol. The molecule has 1 unspecified atom stereocenters. The molecular weight excluding hydrogens is 402 g/mol. The highest BCUT2D eigenvalue weighted by Crippen LogP contribution is 2.44. The van der Waals surface area contributed by atoms with Crippen LogP contribution in [0.1, 0.15) is 68.8 Å². The van der Waals surface area contributed by atoms with Crippen molar-refractivity contribution in [1.82, 2.24) is 14.8 Å². The Bertz CT molecular complexity index is 946. The second kappa shape index (κ2) is 8.49. The predicted octanol–water partition coefficient (Wildman–Crippen LogP) is 4.75. The van der Waals surface area contributed by atoms with E-state index in [9.17, 15) is 10.1 Å². The summed E-state index contributed by atoms with van der Waals surface area (Å²) < 4.78 is 1.93. The zero-order valence-electron chi connectivity index (χ0n) is 18.0. The van der Waals surface area contributed by atoms with Gasteiger partial charge in [-0.3, -0.25) is 4.79 Å². The van der Waals surface area contributed by atoms with Crippen LogP contribution >= 0.6 is 23.1 Å². The van der Waals surface area contributed by atoms with Crippen LogP contribution in [0.3, 0.4) is 0 Å². The number of nitriles is 1. The molecule has 0 saturated carbocycles. The Balaban J connectivity index is 1.68. The lowest BCUT2D eigenvalue weighted by atomic mass is 9.72. The van der Waals surface area contributed by atoms with Gasteiger partial charge in [0, 0.05) is 17.8 Å². The van der Waals surface area contributed by atoms with Crippen LogP contribution in [-0.2, 0) is 24.7 Å². The standard InChI is InChI=1S/C21H29N5OS2/c1-12(2)18-24-25-20(26(18)6)28-11-17(27)23-19-15(10-22)14-8-7-13(21(3,4)5)9-16(14)29-19/h12-13H,7-9,11H2,1-6H3,(H,23,27). The van der Waals surface area contributed by atoms with Gasteiger partial charge in [-0.1, -0.05) is 46.4 Å². The van der Waals surface area contributed by atoms with E-state index < -0.39 is 0 Å². The molecule has 1 atom stereocenters. The maximum Gasteiger partial charge on any atom is 0.235 e. The highest BCUT2D eigenvalue weighted by Gasteiger charge is 2.32. The smallest absolute Gasteiger partial charge is 0.235 e. The first-order chi connectivity index (χ1) is 13.6. The molecule has 0 aliphatic heterocycles. The zero-order chi connectivity index (χ0) is 21.3. The molecule has 0 fully saturated rings. The van der Waals surface area contributed by atoms with Crippen LogP contribution in [0.15, 0.2) is 5.16 Å². The number of hydrogen-bond donors (Lipinski definition) is 1. The first-order valence-electron chi connectivity index (χ1n) is 9.98. The average Bonchev–Trinajstić information content (AvgIpc) is 3.18. The van der Waals surface area contributed by atoms with Crippen molar-refractivity contribution < 1.29 is 4.79 Å². The first kappa shape index (κ1) is 21.8. The Morgan fingerprint density at radius 3 is 2.72 bits per heavy atom. The van der Waals surface area contributed by atoms with Gasteiger partial charge in [0.1, 0.15) is 16.9 Å². The normalized spacial score (nSPS) is 16.6. The topological polar surface area (TPSA) is 83.6 Å². The number of aromatic nitrogens is 3. The Morgan fingerprint density at radius 2 is 2.14 bits per heavy atom. The fourth-order valence-electron chi connectivity index (χ4n) is 3.78. The van der Waals surface area contributed by atoms with Crippen molar-refractivity contribution in [3.05, 3.63) is 21.8 Å². The van der Waals surface area contributed by atoms with Gasteiger partial charge in [-0.15, -0.1) is 21.5 Å². The fraction of sp³-hybridized carbons (Fsp3) is 0.619. The quantitative estimate of drug-likeness (QED) is 0.691. The van der Waals surface area contributed by atoms with E-state index in [2.05, 4.69) is 56.2 Å². The molecule has 6 nitrogen and oxygen atoms in total. The lowest BCUT2D eigenvalue weighted by molar-refractivity contribution is -0.113. The van der Waals surface area contributed by atoms with Crippen LogP contribution in [0.2, 0.25) is 0 Å². The van der Waals surface area contributed by atoms with E-state index in [0.717, 1.165) is 35.8 Å². The largest absolute Gasteiger partial charge is 0.316 e. The van der Waals surface area contributed by atoms with Crippen LogP contribution < -0.4 is 5.32 Å². The van der Waals surface area contributed by atoms with Crippen LogP contribution in [0.25, 0.3) is 0 Å². The molecule has 2 aromatic rings. The zero-order valence-corrected chi connectivity index (χ0v) is 19.6. The van der Waals surface area contributed by atoms with Crippen molar-refractivity contribution >= 4 is 34.0 Å². The summed E-state index contributed by atoms with van der Waals surface area (Å²) in [5, 5.41) is 22.4. The van der Waals surface area contributed by atoms with Gasteiger partial charge in [0.25, 0.3) is 0 Å². The number of amides is 1. The van der Waals surface area contributed by atoms with Crippen LogP contribution in [0.4, 0.5) is 5.00 Å². The molecule has 1 aliphatic rings. The number of nitrogens with one attached hydrogen (secondary N) is 1. The summed E-state index contributed by atoms with van der Waals surface area (Å²) in [6.45, 7) is 11.0. The van der Waals surface area contributed by atoms with Crippen LogP contribution in [0, 0.1) is 22.7 Å². The third-order valence-electron chi connectivity index (χ3n) is 5.57. The summed E-state index contributed by atoms with van der Waals surface area (Å²) in [7, 11) is 1.92. The van der Waals surface area contributed by atoms with Crippen molar-refractivity contribution in [2.45, 2.75) is 65.0 Å². The number of thiophene rings is 1. The minimum Gasteiger partial charge on any atom is -0.316 e. The van der Waals surface area contributed by atoms with Crippen molar-refractivity contribution in [1.29, 1.82) is 5.26 Å². The number of fused-ring (bicyclic) bond motifs is 1. The molecule has 29 heavy (non-hydrogen) atoms. The predicted molar refractivity (Wildman–Crippen MR) is 118 cm³/mol. The van der Waals surface area contributed by atoms with E-state index in [-0.39, 0.29) is 23.0 Å². The minimum atomic E-state index is -0.119. The molecule has 0 aromatic carbocycles. The Kier molecular flexibility index (Phi) is 6.39. The molecule has 2 heterocycles. The summed E-state index contributed by atoms with van der Waals surface area (Å²) in [4.78, 5) is 13.8. The highest BCUT2D eigenvalue weighted by atomic mass is 32.2. The summed E-state index contributed by atoms with van der Waals surface area (Å²) in [6, 6.07) is 2.32. The van der Waals surface area contributed by atoms with Gasteiger partial charge >= 0.3 is 0 Å². The molecule has 8 heteroatoms. The maximum atomic E-state index is 12.6. The third kappa shape index (κ3) is 4.67.